The lowest BCUT2D eigenvalue weighted by Gasteiger charge is -2.06. The van der Waals surface area contributed by atoms with E-state index in [1.165, 1.54) is 6.07 Å². The first-order valence-corrected chi connectivity index (χ1v) is 6.45. The van der Waals surface area contributed by atoms with E-state index in [9.17, 15) is 14.7 Å². The summed E-state index contributed by atoms with van der Waals surface area (Å²) >= 11 is 0. The van der Waals surface area contributed by atoms with Gasteiger partial charge in [-0.05, 0) is 25.5 Å². The summed E-state index contributed by atoms with van der Waals surface area (Å²) in [7, 11) is 0. The van der Waals surface area contributed by atoms with Crippen molar-refractivity contribution < 1.29 is 14.7 Å². The summed E-state index contributed by atoms with van der Waals surface area (Å²) in [6.45, 7) is 7.21. The number of aromatic hydroxyl groups is 1. The van der Waals surface area contributed by atoms with E-state index in [1.54, 1.807) is 32.1 Å². The van der Waals surface area contributed by atoms with E-state index >= 15 is 0 Å². The fourth-order valence-corrected chi connectivity index (χ4v) is 1.57. The fraction of sp³-hybridized carbons (Fsp3) is 0.267. The minimum Gasteiger partial charge on any atom is -0.507 e. The van der Waals surface area contributed by atoms with Gasteiger partial charge in [0.1, 0.15) is 5.75 Å². The number of phenols is 1. The van der Waals surface area contributed by atoms with Gasteiger partial charge in [0.2, 0.25) is 5.91 Å². The topological polar surface area (TPSA) is 90.8 Å². The molecular weight excluding hydrogens is 270 g/mol. The minimum atomic E-state index is -0.526. The average Bonchev–Trinajstić information content (AvgIpc) is 2.45. The number of para-hydroxylation sites is 1. The van der Waals surface area contributed by atoms with E-state index in [2.05, 4.69) is 22.4 Å². The highest BCUT2D eigenvalue weighted by atomic mass is 16.3. The molecule has 0 aliphatic carbocycles. The van der Waals surface area contributed by atoms with Crippen molar-refractivity contribution in [2.45, 2.75) is 20.3 Å². The normalized spacial score (nSPS) is 10.9. The Labute approximate surface area is 123 Å². The largest absolute Gasteiger partial charge is 0.507 e. The molecule has 112 valence electrons. The number of rotatable bonds is 6. The molecule has 0 saturated heterocycles. The average molecular weight is 289 g/mol. The molecule has 6 nitrogen and oxygen atoms in total. The number of hydrogen-bond acceptors (Lipinski definition) is 4. The Bertz CT molecular complexity index is 580. The van der Waals surface area contributed by atoms with Gasteiger partial charge in [0.25, 0.3) is 5.91 Å². The molecule has 6 heteroatoms. The summed E-state index contributed by atoms with van der Waals surface area (Å²) in [6.07, 6.45) is 1.65. The first-order chi connectivity index (χ1) is 9.95. The van der Waals surface area contributed by atoms with E-state index in [1.807, 2.05) is 0 Å². The summed E-state index contributed by atoms with van der Waals surface area (Å²) in [6, 6.07) is 4.87. The van der Waals surface area contributed by atoms with Gasteiger partial charge in [0.15, 0.2) is 0 Å². The second-order valence-electron chi connectivity index (χ2n) is 4.53. The molecule has 1 aromatic rings. The molecule has 0 bridgehead atoms. The van der Waals surface area contributed by atoms with Crippen LogP contribution in [0.3, 0.4) is 0 Å². The lowest BCUT2D eigenvalue weighted by Crippen LogP contribution is -2.26. The zero-order chi connectivity index (χ0) is 15.8. The van der Waals surface area contributed by atoms with Crippen LogP contribution in [0.2, 0.25) is 0 Å². The van der Waals surface area contributed by atoms with Crippen molar-refractivity contribution in [3.8, 4) is 5.75 Å². The van der Waals surface area contributed by atoms with Crippen LogP contribution in [-0.4, -0.2) is 29.2 Å². The zero-order valence-electron chi connectivity index (χ0n) is 12.1. The number of benzene rings is 1. The molecule has 1 aromatic carbocycles. The van der Waals surface area contributed by atoms with Crippen molar-refractivity contribution >= 4 is 17.5 Å². The summed E-state index contributed by atoms with van der Waals surface area (Å²) in [4.78, 5) is 23.3. The second-order valence-corrected chi connectivity index (χ2v) is 4.53. The van der Waals surface area contributed by atoms with Crippen LogP contribution in [0.4, 0.5) is 0 Å². The van der Waals surface area contributed by atoms with Gasteiger partial charge in [-0.25, -0.2) is 5.43 Å². The Morgan fingerprint density at radius 1 is 1.43 bits per heavy atom. The van der Waals surface area contributed by atoms with Crippen molar-refractivity contribution in [3.63, 3.8) is 0 Å². The van der Waals surface area contributed by atoms with Gasteiger partial charge in [0.05, 0.1) is 12.0 Å². The van der Waals surface area contributed by atoms with Gasteiger partial charge in [-0.2, -0.15) is 5.10 Å². The molecule has 0 aliphatic heterocycles. The van der Waals surface area contributed by atoms with Crippen molar-refractivity contribution in [2.75, 3.05) is 6.54 Å². The molecule has 0 radical (unpaired) electrons. The van der Waals surface area contributed by atoms with E-state index in [0.29, 0.717) is 17.8 Å². The molecule has 2 amide bonds. The highest BCUT2D eigenvalue weighted by Gasteiger charge is 2.12. The summed E-state index contributed by atoms with van der Waals surface area (Å²) < 4.78 is 0. The Morgan fingerprint density at radius 3 is 2.81 bits per heavy atom. The Kier molecular flexibility index (Phi) is 6.13. The smallest absolute Gasteiger partial charge is 0.275 e. The number of hydrogen-bond donors (Lipinski definition) is 3. The number of amides is 2. The first kappa shape index (κ1) is 16.4. The molecular formula is C15H19N3O3. The van der Waals surface area contributed by atoms with Crippen LogP contribution < -0.4 is 10.7 Å². The Morgan fingerprint density at radius 2 is 2.14 bits per heavy atom. The highest BCUT2D eigenvalue weighted by Crippen LogP contribution is 2.20. The number of nitrogens with one attached hydrogen (secondary N) is 2. The molecule has 0 atom stereocenters. The number of aryl methyl sites for hydroxylation is 1. The molecule has 0 spiro atoms. The lowest BCUT2D eigenvalue weighted by molar-refractivity contribution is -0.119. The van der Waals surface area contributed by atoms with Crippen LogP contribution in [0.1, 0.15) is 29.3 Å². The van der Waals surface area contributed by atoms with Crippen LogP contribution in [0, 0.1) is 6.92 Å². The van der Waals surface area contributed by atoms with E-state index in [-0.39, 0.29) is 23.6 Å². The molecule has 0 aliphatic rings. The summed E-state index contributed by atoms with van der Waals surface area (Å²) in [5.74, 6) is -0.808. The van der Waals surface area contributed by atoms with E-state index in [0.717, 1.165) is 0 Å². The van der Waals surface area contributed by atoms with Gasteiger partial charge in [0, 0.05) is 12.3 Å². The van der Waals surface area contributed by atoms with E-state index in [4.69, 9.17) is 0 Å². The molecule has 1 rings (SSSR count). The predicted molar refractivity (Wildman–Crippen MR) is 81.2 cm³/mol. The Balaban J connectivity index is 2.62. The van der Waals surface area contributed by atoms with Crippen LogP contribution in [0.15, 0.2) is 36.0 Å². The van der Waals surface area contributed by atoms with E-state index < -0.39 is 5.91 Å². The zero-order valence-corrected chi connectivity index (χ0v) is 12.1. The summed E-state index contributed by atoms with van der Waals surface area (Å²) in [5.41, 5.74) is 3.52. The molecule has 21 heavy (non-hydrogen) atoms. The van der Waals surface area contributed by atoms with Crippen LogP contribution >= 0.6 is 0 Å². The second kappa shape index (κ2) is 7.84. The monoisotopic (exact) mass is 289 g/mol. The number of carbonyl (C=O) groups excluding carboxylic acids is 2. The Hall–Kier alpha value is -2.63. The molecule has 0 aromatic heterocycles. The number of carbonyl (C=O) groups is 2. The third-order valence-corrected chi connectivity index (χ3v) is 2.69. The van der Waals surface area contributed by atoms with Gasteiger partial charge in [-0.15, -0.1) is 6.58 Å². The van der Waals surface area contributed by atoms with Crippen molar-refractivity contribution in [3.05, 3.63) is 42.0 Å². The van der Waals surface area contributed by atoms with Crippen molar-refractivity contribution in [1.29, 1.82) is 0 Å². The quantitative estimate of drug-likeness (QED) is 0.421. The molecule has 0 unspecified atom stereocenters. The number of phenolic OH excluding ortho intramolecular Hbond substituents is 1. The standard InChI is InChI=1S/C15H19N3O3/c1-4-8-16-13(19)9-11(3)17-18-15(21)12-7-5-6-10(2)14(12)20/h4-7,20H,1,8-9H2,2-3H3,(H,16,19)(H,18,21). The first-order valence-electron chi connectivity index (χ1n) is 6.45. The number of hydrazone groups is 1. The molecule has 0 heterocycles. The molecule has 0 fully saturated rings. The van der Waals surface area contributed by atoms with Crippen LogP contribution in [-0.2, 0) is 4.79 Å². The van der Waals surface area contributed by atoms with Gasteiger partial charge in [-0.1, -0.05) is 18.2 Å². The third-order valence-electron chi connectivity index (χ3n) is 2.69. The fourth-order valence-electron chi connectivity index (χ4n) is 1.57. The van der Waals surface area contributed by atoms with Gasteiger partial charge in [-0.3, -0.25) is 9.59 Å². The maximum atomic E-state index is 11.9. The highest BCUT2D eigenvalue weighted by molar-refractivity contribution is 6.01. The maximum Gasteiger partial charge on any atom is 0.275 e. The predicted octanol–water partition coefficient (Wildman–Crippen LogP) is 1.50. The van der Waals surface area contributed by atoms with Crippen molar-refractivity contribution in [1.82, 2.24) is 10.7 Å². The summed E-state index contributed by atoms with van der Waals surface area (Å²) in [5, 5.41) is 16.2. The van der Waals surface area contributed by atoms with Crippen molar-refractivity contribution in [2.24, 2.45) is 5.10 Å². The SMILES string of the molecule is C=CCNC(=O)CC(C)=NNC(=O)c1cccc(C)c1O. The van der Waals surface area contributed by atoms with Crippen LogP contribution in [0.25, 0.3) is 0 Å². The minimum absolute atomic E-state index is 0.0772. The lowest BCUT2D eigenvalue weighted by atomic mass is 10.1. The number of nitrogens with zero attached hydrogens (tertiary/aromatic N) is 1. The molecule has 3 N–H and O–H groups in total. The molecule has 0 saturated carbocycles. The maximum absolute atomic E-state index is 11.9. The third kappa shape index (κ3) is 5.10. The van der Waals surface area contributed by atoms with Gasteiger partial charge >= 0.3 is 0 Å². The van der Waals surface area contributed by atoms with Crippen LogP contribution in [0.5, 0.6) is 5.75 Å². The van der Waals surface area contributed by atoms with Gasteiger partial charge < -0.3 is 10.4 Å².